The van der Waals surface area contributed by atoms with Crippen molar-refractivity contribution in [3.8, 4) is 11.3 Å². The minimum atomic E-state index is -0.105. The molecule has 0 aliphatic rings. The summed E-state index contributed by atoms with van der Waals surface area (Å²) >= 11 is 0. The van der Waals surface area contributed by atoms with Gasteiger partial charge in [0.05, 0.1) is 6.20 Å². The second-order valence-electron chi connectivity index (χ2n) is 2.69. The molecule has 1 N–H and O–H groups in total. The molecule has 0 aliphatic heterocycles. The average Bonchev–Trinajstić information content (AvgIpc) is 2.53. The minimum absolute atomic E-state index is 0.105. The number of H-pyrrole nitrogens is 1. The molecule has 0 bridgehead atoms. The molecule has 0 spiro atoms. The molecule has 0 aliphatic carbocycles. The maximum Gasteiger partial charge on any atom is 0.208 e. The van der Waals surface area contributed by atoms with Crippen molar-refractivity contribution in [1.29, 1.82) is 0 Å². The van der Waals surface area contributed by atoms with E-state index < -0.39 is 0 Å². The normalized spacial score (nSPS) is 10.2. The van der Waals surface area contributed by atoms with E-state index >= 15 is 0 Å². The van der Waals surface area contributed by atoms with Crippen LogP contribution in [0.3, 0.4) is 0 Å². The van der Waals surface area contributed by atoms with Crippen LogP contribution in [0.25, 0.3) is 11.3 Å². The van der Waals surface area contributed by atoms with E-state index in [9.17, 15) is 4.79 Å². The fourth-order valence-corrected chi connectivity index (χ4v) is 1.10. The van der Waals surface area contributed by atoms with Crippen LogP contribution in [0.2, 0.25) is 0 Å². The van der Waals surface area contributed by atoms with E-state index in [1.165, 1.54) is 12.3 Å². The van der Waals surface area contributed by atoms with Crippen molar-refractivity contribution in [1.82, 2.24) is 20.0 Å². The molecule has 0 saturated carbocycles. The highest BCUT2D eigenvalue weighted by molar-refractivity contribution is 5.55. The van der Waals surface area contributed by atoms with Crippen molar-refractivity contribution in [2.24, 2.45) is 7.05 Å². The molecule has 0 saturated heterocycles. The van der Waals surface area contributed by atoms with Crippen molar-refractivity contribution in [2.75, 3.05) is 0 Å². The van der Waals surface area contributed by atoms with E-state index in [-0.39, 0.29) is 5.43 Å². The number of aromatic nitrogens is 4. The summed E-state index contributed by atoms with van der Waals surface area (Å²) in [5.41, 5.74) is 1.02. The summed E-state index contributed by atoms with van der Waals surface area (Å²) in [6, 6.07) is 1.44. The molecular weight excluding hydrogens is 168 g/mol. The SMILES string of the molecule is Cn1cc(-c2n[nH]ccc2=O)cn1. The van der Waals surface area contributed by atoms with E-state index in [2.05, 4.69) is 15.3 Å². The third-order valence-electron chi connectivity index (χ3n) is 1.70. The highest BCUT2D eigenvalue weighted by Gasteiger charge is 2.04. The van der Waals surface area contributed by atoms with Gasteiger partial charge in [0, 0.05) is 31.1 Å². The van der Waals surface area contributed by atoms with E-state index in [1.807, 2.05) is 0 Å². The number of aryl methyl sites for hydroxylation is 1. The molecule has 0 radical (unpaired) electrons. The van der Waals surface area contributed by atoms with Gasteiger partial charge in [-0.3, -0.25) is 14.6 Å². The van der Waals surface area contributed by atoms with E-state index in [4.69, 9.17) is 0 Å². The van der Waals surface area contributed by atoms with Crippen molar-refractivity contribution in [3.63, 3.8) is 0 Å². The molecular formula is C8H8N4O. The van der Waals surface area contributed by atoms with Crippen molar-refractivity contribution in [3.05, 3.63) is 34.9 Å². The highest BCUT2D eigenvalue weighted by atomic mass is 16.1. The lowest BCUT2D eigenvalue weighted by Crippen LogP contribution is -2.05. The van der Waals surface area contributed by atoms with Crippen LogP contribution in [-0.4, -0.2) is 20.0 Å². The first-order chi connectivity index (χ1) is 6.27. The molecule has 5 nitrogen and oxygen atoms in total. The van der Waals surface area contributed by atoms with Gasteiger partial charge in [0.25, 0.3) is 0 Å². The first-order valence-electron chi connectivity index (χ1n) is 3.80. The van der Waals surface area contributed by atoms with Gasteiger partial charge in [0.2, 0.25) is 5.43 Å². The summed E-state index contributed by atoms with van der Waals surface area (Å²) < 4.78 is 1.63. The third kappa shape index (κ3) is 1.35. The first-order valence-corrected chi connectivity index (χ1v) is 3.80. The van der Waals surface area contributed by atoms with Crippen LogP contribution < -0.4 is 5.43 Å². The quantitative estimate of drug-likeness (QED) is 0.673. The fraction of sp³-hybridized carbons (Fsp3) is 0.125. The van der Waals surface area contributed by atoms with Gasteiger partial charge in [0.15, 0.2) is 0 Å². The van der Waals surface area contributed by atoms with Crippen LogP contribution in [-0.2, 0) is 7.05 Å². The first kappa shape index (κ1) is 7.72. The van der Waals surface area contributed by atoms with Crippen LogP contribution in [0.4, 0.5) is 0 Å². The zero-order valence-electron chi connectivity index (χ0n) is 7.06. The van der Waals surface area contributed by atoms with Crippen LogP contribution in [0, 0.1) is 0 Å². The lowest BCUT2D eigenvalue weighted by Gasteiger charge is -1.91. The van der Waals surface area contributed by atoms with Gasteiger partial charge in [-0.1, -0.05) is 0 Å². The van der Waals surface area contributed by atoms with Gasteiger partial charge >= 0.3 is 0 Å². The lowest BCUT2D eigenvalue weighted by molar-refractivity contribution is 0.768. The van der Waals surface area contributed by atoms with Crippen molar-refractivity contribution < 1.29 is 0 Å². The molecule has 2 rings (SSSR count). The Hall–Kier alpha value is -1.91. The Balaban J connectivity index is 2.59. The zero-order valence-corrected chi connectivity index (χ0v) is 7.06. The van der Waals surface area contributed by atoms with E-state index in [0.717, 1.165) is 5.56 Å². The van der Waals surface area contributed by atoms with Gasteiger partial charge in [-0.05, 0) is 0 Å². The molecule has 2 aromatic rings. The van der Waals surface area contributed by atoms with Gasteiger partial charge in [-0.15, -0.1) is 0 Å². The van der Waals surface area contributed by atoms with E-state index in [0.29, 0.717) is 5.69 Å². The Bertz CT molecular complexity index is 471. The number of hydrogen-bond acceptors (Lipinski definition) is 3. The maximum atomic E-state index is 11.3. The molecule has 0 fully saturated rings. The van der Waals surface area contributed by atoms with Gasteiger partial charge in [-0.25, -0.2) is 0 Å². The number of aromatic amines is 1. The maximum absolute atomic E-state index is 11.3. The average molecular weight is 176 g/mol. The molecule has 2 aromatic heterocycles. The second kappa shape index (κ2) is 2.85. The number of rotatable bonds is 1. The Labute approximate surface area is 74.0 Å². The number of nitrogens with one attached hydrogen (secondary N) is 1. The predicted molar refractivity (Wildman–Crippen MR) is 47.1 cm³/mol. The molecule has 0 amide bonds. The fourth-order valence-electron chi connectivity index (χ4n) is 1.10. The van der Waals surface area contributed by atoms with Gasteiger partial charge in [0.1, 0.15) is 5.69 Å². The van der Waals surface area contributed by atoms with Gasteiger partial charge in [-0.2, -0.15) is 10.2 Å². The van der Waals surface area contributed by atoms with Crippen molar-refractivity contribution in [2.45, 2.75) is 0 Å². The zero-order chi connectivity index (χ0) is 9.26. The summed E-state index contributed by atoms with van der Waals surface area (Å²) in [5, 5.41) is 10.5. The van der Waals surface area contributed by atoms with Crippen molar-refractivity contribution >= 4 is 0 Å². The lowest BCUT2D eigenvalue weighted by atomic mass is 10.2. The van der Waals surface area contributed by atoms with Crippen LogP contribution in [0.5, 0.6) is 0 Å². The molecule has 66 valence electrons. The monoisotopic (exact) mass is 176 g/mol. The number of nitrogens with zero attached hydrogens (tertiary/aromatic N) is 3. The summed E-state index contributed by atoms with van der Waals surface area (Å²) in [5.74, 6) is 0. The molecule has 0 aromatic carbocycles. The molecule has 2 heterocycles. The highest BCUT2D eigenvalue weighted by Crippen LogP contribution is 2.08. The Morgan fingerprint density at radius 1 is 1.54 bits per heavy atom. The summed E-state index contributed by atoms with van der Waals surface area (Å²) in [6.07, 6.45) is 4.86. The summed E-state index contributed by atoms with van der Waals surface area (Å²) in [7, 11) is 1.79. The second-order valence-corrected chi connectivity index (χ2v) is 2.69. The number of hydrogen-bond donors (Lipinski definition) is 1. The standard InChI is InChI=1S/C8H8N4O/c1-12-5-6(4-10-12)8-7(13)2-3-9-11-8/h2-5H,1H3,(H,9,13). The largest absolute Gasteiger partial charge is 0.287 e. The topological polar surface area (TPSA) is 63.6 Å². The molecule has 0 unspecified atom stereocenters. The Kier molecular flexibility index (Phi) is 1.70. The Morgan fingerprint density at radius 3 is 3.00 bits per heavy atom. The van der Waals surface area contributed by atoms with Crippen LogP contribution >= 0.6 is 0 Å². The minimum Gasteiger partial charge on any atom is -0.287 e. The summed E-state index contributed by atoms with van der Waals surface area (Å²) in [4.78, 5) is 11.3. The van der Waals surface area contributed by atoms with Crippen LogP contribution in [0.15, 0.2) is 29.5 Å². The molecule has 13 heavy (non-hydrogen) atoms. The third-order valence-corrected chi connectivity index (χ3v) is 1.70. The van der Waals surface area contributed by atoms with E-state index in [1.54, 1.807) is 24.1 Å². The van der Waals surface area contributed by atoms with Crippen LogP contribution in [0.1, 0.15) is 0 Å². The van der Waals surface area contributed by atoms with Gasteiger partial charge < -0.3 is 0 Å². The predicted octanol–water partition coefficient (Wildman–Crippen LogP) is 0.170. The Morgan fingerprint density at radius 2 is 2.38 bits per heavy atom. The summed E-state index contributed by atoms with van der Waals surface area (Å²) in [6.45, 7) is 0. The smallest absolute Gasteiger partial charge is 0.208 e. The molecule has 0 atom stereocenters. The molecule has 5 heteroatoms.